The van der Waals surface area contributed by atoms with Crippen molar-refractivity contribution in [1.29, 1.82) is 0 Å². The average Bonchev–Trinajstić information content (AvgIpc) is 2.89. The Balaban J connectivity index is 1.08. The largest absolute Gasteiger partial charge is 0.469 e. The van der Waals surface area contributed by atoms with Gasteiger partial charge in [-0.3, -0.25) is 9.69 Å². The van der Waals surface area contributed by atoms with Crippen LogP contribution in [-0.2, 0) is 20.8 Å². The number of likely N-dealkylation sites (tertiary alicyclic amines) is 2. The van der Waals surface area contributed by atoms with Crippen molar-refractivity contribution in [2.24, 2.45) is 11.8 Å². The summed E-state index contributed by atoms with van der Waals surface area (Å²) in [6, 6.07) is 10.9. The van der Waals surface area contributed by atoms with Gasteiger partial charge in [0.1, 0.15) is 0 Å². The number of rotatable bonds is 7. The molecule has 1 aliphatic carbocycles. The molecular weight excluding hydrogens is 430 g/mol. The van der Waals surface area contributed by atoms with E-state index in [9.17, 15) is 9.59 Å². The second-order valence-electron chi connectivity index (χ2n) is 10.2. The molecule has 7 heteroatoms. The zero-order valence-corrected chi connectivity index (χ0v) is 20.6. The van der Waals surface area contributed by atoms with Gasteiger partial charge in [0.15, 0.2) is 0 Å². The highest BCUT2D eigenvalue weighted by molar-refractivity contribution is 5.75. The molecule has 4 rings (SSSR count). The monoisotopic (exact) mass is 471 g/mol. The number of methoxy groups -OCH3 is 1. The van der Waals surface area contributed by atoms with Gasteiger partial charge in [0.25, 0.3) is 0 Å². The van der Waals surface area contributed by atoms with E-state index in [-0.39, 0.29) is 24.0 Å². The highest BCUT2D eigenvalue weighted by Crippen LogP contribution is 2.26. The minimum absolute atomic E-state index is 0.00926. The third-order valence-corrected chi connectivity index (χ3v) is 7.84. The van der Waals surface area contributed by atoms with E-state index in [0.29, 0.717) is 12.0 Å². The quantitative estimate of drug-likeness (QED) is 0.612. The summed E-state index contributed by atoms with van der Waals surface area (Å²) in [5.41, 5.74) is 1.38. The summed E-state index contributed by atoms with van der Waals surface area (Å²) in [4.78, 5) is 28.9. The first-order valence-corrected chi connectivity index (χ1v) is 13.1. The van der Waals surface area contributed by atoms with E-state index in [1.54, 1.807) is 0 Å². The number of nitrogens with one attached hydrogen (secondary N) is 1. The van der Waals surface area contributed by atoms with Gasteiger partial charge in [-0.25, -0.2) is 4.79 Å². The topological polar surface area (TPSA) is 71.1 Å². The molecule has 2 aliphatic heterocycles. The van der Waals surface area contributed by atoms with Crippen molar-refractivity contribution in [3.8, 4) is 0 Å². The van der Waals surface area contributed by atoms with E-state index in [1.165, 1.54) is 12.7 Å². The Morgan fingerprint density at radius 1 is 0.912 bits per heavy atom. The van der Waals surface area contributed by atoms with E-state index in [1.807, 2.05) is 4.90 Å². The molecule has 3 fully saturated rings. The first-order chi connectivity index (χ1) is 16.6. The number of carbonyl (C=O) groups excluding carboxylic acids is 2. The fourth-order valence-electron chi connectivity index (χ4n) is 5.56. The highest BCUT2D eigenvalue weighted by Gasteiger charge is 2.30. The Hall–Kier alpha value is -2.12. The molecule has 0 spiro atoms. The van der Waals surface area contributed by atoms with Crippen molar-refractivity contribution in [2.75, 3.05) is 39.9 Å². The van der Waals surface area contributed by atoms with E-state index >= 15 is 0 Å². The van der Waals surface area contributed by atoms with Crippen LogP contribution in [0.4, 0.5) is 4.79 Å². The van der Waals surface area contributed by atoms with Crippen molar-refractivity contribution >= 4 is 12.0 Å². The summed E-state index contributed by atoms with van der Waals surface area (Å²) in [6.07, 6.45) is 7.88. The molecule has 0 aromatic heterocycles. The van der Waals surface area contributed by atoms with Crippen LogP contribution in [0, 0.1) is 11.8 Å². The molecule has 3 aliphatic rings. The summed E-state index contributed by atoms with van der Waals surface area (Å²) in [5, 5.41) is 3.19. The van der Waals surface area contributed by atoms with Gasteiger partial charge in [0.2, 0.25) is 0 Å². The predicted molar refractivity (Wildman–Crippen MR) is 131 cm³/mol. The van der Waals surface area contributed by atoms with Crippen molar-refractivity contribution in [3.05, 3.63) is 35.9 Å². The maximum absolute atomic E-state index is 12.7. The van der Waals surface area contributed by atoms with Gasteiger partial charge in [-0.15, -0.1) is 0 Å². The fourth-order valence-corrected chi connectivity index (χ4v) is 5.56. The molecule has 2 amide bonds. The number of urea groups is 1. The molecule has 1 aromatic carbocycles. The van der Waals surface area contributed by atoms with Crippen LogP contribution < -0.4 is 5.32 Å². The first-order valence-electron chi connectivity index (χ1n) is 13.1. The van der Waals surface area contributed by atoms with Gasteiger partial charge in [-0.2, -0.15) is 0 Å². The summed E-state index contributed by atoms with van der Waals surface area (Å²) < 4.78 is 11.1. The maximum Gasteiger partial charge on any atom is 0.317 e. The lowest BCUT2D eigenvalue weighted by atomic mass is 9.86. The molecule has 0 unspecified atom stereocenters. The van der Waals surface area contributed by atoms with Gasteiger partial charge in [0, 0.05) is 45.4 Å². The Morgan fingerprint density at radius 2 is 1.59 bits per heavy atom. The van der Waals surface area contributed by atoms with Gasteiger partial charge in [-0.1, -0.05) is 30.3 Å². The van der Waals surface area contributed by atoms with Crippen LogP contribution in [0.15, 0.2) is 30.3 Å². The van der Waals surface area contributed by atoms with Crippen molar-refractivity contribution in [3.63, 3.8) is 0 Å². The molecule has 188 valence electrons. The molecular formula is C27H41N3O4. The lowest BCUT2D eigenvalue weighted by molar-refractivity contribution is -0.146. The van der Waals surface area contributed by atoms with Crippen LogP contribution in [-0.4, -0.2) is 73.8 Å². The number of nitrogens with zero attached hydrogens (tertiary/aromatic N) is 2. The first kappa shape index (κ1) is 25.0. The highest BCUT2D eigenvalue weighted by atomic mass is 16.5. The maximum atomic E-state index is 12.7. The van der Waals surface area contributed by atoms with E-state index in [4.69, 9.17) is 9.47 Å². The second kappa shape index (κ2) is 12.5. The number of hydrogen-bond donors (Lipinski definition) is 1. The number of ether oxygens (including phenoxy) is 2. The van der Waals surface area contributed by atoms with Gasteiger partial charge in [0.05, 0.1) is 19.1 Å². The molecule has 7 nitrogen and oxygen atoms in total. The lowest BCUT2D eigenvalue weighted by Crippen LogP contribution is -2.49. The van der Waals surface area contributed by atoms with Crippen LogP contribution in [0.1, 0.15) is 56.9 Å². The van der Waals surface area contributed by atoms with Crippen LogP contribution in [0.5, 0.6) is 0 Å². The smallest absolute Gasteiger partial charge is 0.317 e. The van der Waals surface area contributed by atoms with E-state index < -0.39 is 0 Å². The normalized spacial score (nSPS) is 25.1. The number of amides is 2. The molecule has 1 N–H and O–H groups in total. The number of benzene rings is 1. The van der Waals surface area contributed by atoms with Gasteiger partial charge in [-0.05, 0) is 62.8 Å². The minimum atomic E-state index is -0.119. The summed E-state index contributed by atoms with van der Waals surface area (Å²) in [7, 11) is 1.45. The molecule has 1 aromatic rings. The van der Waals surface area contributed by atoms with Crippen LogP contribution >= 0.6 is 0 Å². The number of esters is 1. The molecule has 0 atom stereocenters. The molecule has 34 heavy (non-hydrogen) atoms. The Bertz CT molecular complexity index is 765. The Kier molecular flexibility index (Phi) is 9.22. The lowest BCUT2D eigenvalue weighted by Gasteiger charge is -2.36. The Morgan fingerprint density at radius 3 is 2.24 bits per heavy atom. The molecule has 2 saturated heterocycles. The number of hydrogen-bond acceptors (Lipinski definition) is 5. The summed E-state index contributed by atoms with van der Waals surface area (Å²) in [5.74, 6) is 0.415. The third-order valence-electron chi connectivity index (χ3n) is 7.84. The zero-order valence-electron chi connectivity index (χ0n) is 20.6. The van der Waals surface area contributed by atoms with Crippen LogP contribution in [0.2, 0.25) is 0 Å². The molecule has 0 radical (unpaired) electrons. The molecule has 0 bridgehead atoms. The van der Waals surface area contributed by atoms with Gasteiger partial charge >= 0.3 is 12.0 Å². The molecule has 2 heterocycles. The van der Waals surface area contributed by atoms with E-state index in [0.717, 1.165) is 90.7 Å². The summed E-state index contributed by atoms with van der Waals surface area (Å²) in [6.45, 7) is 5.64. The van der Waals surface area contributed by atoms with Crippen molar-refractivity contribution < 1.29 is 19.1 Å². The van der Waals surface area contributed by atoms with E-state index in [2.05, 4.69) is 40.5 Å². The number of piperidine rings is 2. The average molecular weight is 472 g/mol. The fraction of sp³-hybridized carbons (Fsp3) is 0.704. The predicted octanol–water partition coefficient (Wildman–Crippen LogP) is 3.82. The zero-order chi connectivity index (χ0) is 23.8. The Labute approximate surface area is 204 Å². The van der Waals surface area contributed by atoms with Gasteiger partial charge < -0.3 is 19.7 Å². The third kappa shape index (κ3) is 7.19. The summed E-state index contributed by atoms with van der Waals surface area (Å²) >= 11 is 0. The standard InChI is InChI=1S/C27H41N3O4/c1-33-26(31)23-7-9-24(10-8-23)28-27(32)30-17-11-22(12-18-30)20-34-25-13-15-29(16-14-25)19-21-5-3-2-4-6-21/h2-6,22-25H,7-20H2,1H3,(H,28,32). The van der Waals surface area contributed by atoms with Crippen molar-refractivity contribution in [1.82, 2.24) is 15.1 Å². The van der Waals surface area contributed by atoms with Crippen LogP contribution in [0.25, 0.3) is 0 Å². The second-order valence-corrected chi connectivity index (χ2v) is 10.2. The molecule has 1 saturated carbocycles. The van der Waals surface area contributed by atoms with Crippen molar-refractivity contribution in [2.45, 2.75) is 70.1 Å². The van der Waals surface area contributed by atoms with Crippen LogP contribution in [0.3, 0.4) is 0 Å². The minimum Gasteiger partial charge on any atom is -0.469 e. The SMILES string of the molecule is COC(=O)C1CCC(NC(=O)N2CCC(COC3CCN(Cc4ccccc4)CC3)CC2)CC1. The number of carbonyl (C=O) groups is 2.